The molecule has 12 heteroatoms. The summed E-state index contributed by atoms with van der Waals surface area (Å²) in [4.78, 5) is 45.9. The number of aliphatic hydroxyl groups is 1. The van der Waals surface area contributed by atoms with Gasteiger partial charge in [0.2, 0.25) is 20.2 Å². The Morgan fingerprint density at radius 2 is 1.73 bits per heavy atom. The third-order valence-electron chi connectivity index (χ3n) is 12.1. The van der Waals surface area contributed by atoms with E-state index in [9.17, 15) is 14.7 Å². The van der Waals surface area contributed by atoms with Crippen LogP contribution < -0.4 is 14.6 Å². The van der Waals surface area contributed by atoms with E-state index in [4.69, 9.17) is 14.6 Å². The number of amides is 3. The highest BCUT2D eigenvalue weighted by molar-refractivity contribution is 6.72. The van der Waals surface area contributed by atoms with Gasteiger partial charge in [-0.1, -0.05) is 73.7 Å². The fourth-order valence-electron chi connectivity index (χ4n) is 9.40. The van der Waals surface area contributed by atoms with Crippen LogP contribution in [0.25, 0.3) is 0 Å². The average molecular weight is 775 g/mol. The smallest absolute Gasteiger partial charge is 0.264 e. The van der Waals surface area contributed by atoms with Crippen LogP contribution in [0.4, 0.5) is 15.5 Å². The minimum atomic E-state index is -3.57. The number of rotatable bonds is 9. The Kier molecular flexibility index (Phi) is 9.92. The predicted molar refractivity (Wildman–Crippen MR) is 215 cm³/mol. The molecule has 4 aliphatic rings. The summed E-state index contributed by atoms with van der Waals surface area (Å²) in [5.74, 6) is -0.792. The van der Waals surface area contributed by atoms with Crippen LogP contribution in [0.2, 0.25) is 18.6 Å². The molecule has 4 heterocycles. The Balaban J connectivity index is 1.12. The molecule has 0 unspecified atom stereocenters. The van der Waals surface area contributed by atoms with Crippen LogP contribution in [0.1, 0.15) is 54.0 Å². The lowest BCUT2D eigenvalue weighted by atomic mass is 9.82. The zero-order chi connectivity index (χ0) is 39.4. The zero-order valence-electron chi connectivity index (χ0n) is 32.2. The number of hydrazone groups is 1. The summed E-state index contributed by atoms with van der Waals surface area (Å²) >= 11 is 0. The third kappa shape index (κ3) is 6.53. The first-order chi connectivity index (χ1) is 26.9. The number of aliphatic hydroxyl groups excluding tert-OH is 1. The van der Waals surface area contributed by atoms with Gasteiger partial charge in [-0.15, -0.1) is 0 Å². The summed E-state index contributed by atoms with van der Waals surface area (Å²) in [6.45, 7) is 5.38. The van der Waals surface area contributed by atoms with Crippen molar-refractivity contribution in [3.8, 4) is 5.75 Å². The fraction of sp³-hybridized carbons (Fsp3) is 0.364. The molecule has 5 atom stereocenters. The summed E-state index contributed by atoms with van der Waals surface area (Å²) in [5, 5.41) is 16.5. The van der Waals surface area contributed by atoms with Gasteiger partial charge in [0.25, 0.3) is 5.91 Å². The van der Waals surface area contributed by atoms with E-state index >= 15 is 8.90 Å². The monoisotopic (exact) mass is 774 g/mol. The highest BCUT2D eigenvalue weighted by Crippen LogP contribution is 2.61. The number of anilines is 2. The molecule has 0 aliphatic carbocycles. The van der Waals surface area contributed by atoms with Crippen molar-refractivity contribution in [2.24, 2.45) is 11.0 Å². The molecule has 3 amide bonds. The lowest BCUT2D eigenvalue weighted by molar-refractivity contribution is -0.151. The highest BCUT2D eigenvalue weighted by Gasteiger charge is 2.67. The summed E-state index contributed by atoms with van der Waals surface area (Å²) < 4.78 is 29.2. The molecule has 4 aromatic rings. The van der Waals surface area contributed by atoms with Gasteiger partial charge in [0.1, 0.15) is 5.75 Å². The molecule has 290 valence electrons. The summed E-state index contributed by atoms with van der Waals surface area (Å²) in [7, 11) is -2.02. The molecule has 4 aliphatic heterocycles. The summed E-state index contributed by atoms with van der Waals surface area (Å²) in [6, 6.07) is 30.1. The van der Waals surface area contributed by atoms with Crippen molar-refractivity contribution < 1.29 is 33.1 Å². The molecule has 0 aromatic heterocycles. The van der Waals surface area contributed by atoms with Crippen LogP contribution in [0.3, 0.4) is 0 Å². The first-order valence-corrected chi connectivity index (χ1v) is 22.3. The summed E-state index contributed by atoms with van der Waals surface area (Å²) in [5.41, 5.74) is 4.16. The second kappa shape index (κ2) is 14.7. The van der Waals surface area contributed by atoms with Crippen LogP contribution >= 0.6 is 0 Å². The Hall–Kier alpha value is -5.17. The minimum absolute atomic E-state index is 0.118. The topological polar surface area (TPSA) is 112 Å². The molecule has 1 saturated heterocycles. The van der Waals surface area contributed by atoms with Gasteiger partial charge in [-0.3, -0.25) is 14.4 Å². The number of nitrogens with zero attached hydrogens (tertiary/aromatic N) is 4. The lowest BCUT2D eigenvalue weighted by Gasteiger charge is -2.37. The maximum absolute atomic E-state index is 16.6. The van der Waals surface area contributed by atoms with E-state index in [0.29, 0.717) is 48.5 Å². The van der Waals surface area contributed by atoms with Gasteiger partial charge in [-0.05, 0) is 72.1 Å². The van der Waals surface area contributed by atoms with Crippen molar-refractivity contribution >= 4 is 43.2 Å². The van der Waals surface area contributed by atoms with Gasteiger partial charge >= 0.3 is 0 Å². The van der Waals surface area contributed by atoms with Gasteiger partial charge in [-0.2, -0.15) is 5.10 Å². The molecule has 10 nitrogen and oxygen atoms in total. The standard InChI is InChI=1S/C44H47FN4O6Si/c1-28-42(56(3,4)45)39(24-41(52)47-26-32-15-9-8-14-31(32)22-34(47)27-50)55-44(28)36-23-35(54-2)17-19-38(36)48(43(44)53)25-29-11-10-16-33(21-29)49-40(51)20-18-37(46-49)30-12-6-5-7-13-30/h5-17,19,21,23,28,34,39,42,50H,18,20,22,24-27H2,1-4H3/t28-,34-,39+,42-,44+/m0/s1. The highest BCUT2D eigenvalue weighted by atomic mass is 28.4. The first-order valence-electron chi connectivity index (χ1n) is 19.3. The number of hydrogen-bond donors (Lipinski definition) is 1. The predicted octanol–water partition coefficient (Wildman–Crippen LogP) is 6.88. The number of carbonyl (C=O) groups is 3. The van der Waals surface area contributed by atoms with Gasteiger partial charge in [-0.25, -0.2) is 5.01 Å². The molecular weight excluding hydrogens is 728 g/mol. The molecule has 0 saturated carbocycles. The van der Waals surface area contributed by atoms with E-state index in [1.54, 1.807) is 42.1 Å². The number of ether oxygens (including phenoxy) is 2. The SMILES string of the molecule is COc1ccc2c(c1)[C@@]1(O[C@H](CC(=O)N3Cc4ccccc4C[C@H]3CO)[C@@H]([Si](C)(C)F)[C@@H]1C)C(=O)N2Cc1cccc(N2N=C(c3ccccc3)CCC2=O)c1. The molecule has 0 bridgehead atoms. The van der Waals surface area contributed by atoms with Crippen molar-refractivity contribution in [3.05, 3.63) is 125 Å². The molecule has 0 radical (unpaired) electrons. The first kappa shape index (κ1) is 37.7. The number of carbonyl (C=O) groups excluding carboxylic acids is 3. The largest absolute Gasteiger partial charge is 0.497 e. The Morgan fingerprint density at radius 1 is 0.982 bits per heavy atom. The van der Waals surface area contributed by atoms with Crippen molar-refractivity contribution in [2.45, 2.75) is 82.1 Å². The van der Waals surface area contributed by atoms with Crippen LogP contribution in [-0.4, -0.2) is 67.7 Å². The van der Waals surface area contributed by atoms with E-state index in [-0.39, 0.29) is 37.3 Å². The fourth-order valence-corrected chi connectivity index (χ4v) is 11.9. The van der Waals surface area contributed by atoms with Crippen LogP contribution in [-0.2, 0) is 44.2 Å². The van der Waals surface area contributed by atoms with E-state index in [2.05, 4.69) is 0 Å². The van der Waals surface area contributed by atoms with Gasteiger partial charge in [0.15, 0.2) is 5.60 Å². The molecule has 1 spiro atoms. The minimum Gasteiger partial charge on any atom is -0.497 e. The van der Waals surface area contributed by atoms with Gasteiger partial charge in [0, 0.05) is 36.4 Å². The molecule has 1 N–H and O–H groups in total. The number of benzene rings is 4. The van der Waals surface area contributed by atoms with E-state index < -0.39 is 37.6 Å². The quantitative estimate of drug-likeness (QED) is 0.147. The van der Waals surface area contributed by atoms with E-state index in [1.807, 2.05) is 91.9 Å². The normalized spacial score (nSPS) is 24.7. The van der Waals surface area contributed by atoms with Crippen molar-refractivity contribution in [1.82, 2.24) is 4.90 Å². The molecule has 4 aromatic carbocycles. The van der Waals surface area contributed by atoms with Crippen LogP contribution in [0, 0.1) is 5.92 Å². The van der Waals surface area contributed by atoms with Crippen LogP contribution in [0.5, 0.6) is 5.75 Å². The second-order valence-electron chi connectivity index (χ2n) is 15.9. The van der Waals surface area contributed by atoms with Crippen molar-refractivity contribution in [1.29, 1.82) is 0 Å². The zero-order valence-corrected chi connectivity index (χ0v) is 33.2. The van der Waals surface area contributed by atoms with E-state index in [1.165, 1.54) is 5.01 Å². The van der Waals surface area contributed by atoms with Crippen molar-refractivity contribution in [2.75, 3.05) is 23.6 Å². The Bertz CT molecular complexity index is 2210. The van der Waals surface area contributed by atoms with Gasteiger partial charge < -0.3 is 28.5 Å². The average Bonchev–Trinajstić information content (AvgIpc) is 3.63. The summed E-state index contributed by atoms with van der Waals surface area (Å²) in [6.07, 6.45) is 0.376. The molecular formula is C44H47FN4O6Si. The van der Waals surface area contributed by atoms with Crippen LogP contribution in [0.15, 0.2) is 102 Å². The maximum Gasteiger partial charge on any atom is 0.264 e. The maximum atomic E-state index is 16.6. The number of methoxy groups -OCH3 is 1. The Morgan fingerprint density at radius 3 is 2.46 bits per heavy atom. The lowest BCUT2D eigenvalue weighted by Crippen LogP contribution is -2.48. The number of fused-ring (bicyclic) bond motifs is 3. The number of hydrogen-bond acceptors (Lipinski definition) is 7. The molecule has 1 fully saturated rings. The second-order valence-corrected chi connectivity index (χ2v) is 19.7. The van der Waals surface area contributed by atoms with Crippen molar-refractivity contribution in [3.63, 3.8) is 0 Å². The van der Waals surface area contributed by atoms with Gasteiger partial charge in [0.05, 0.1) is 55.9 Å². The Labute approximate surface area is 327 Å². The van der Waals surface area contributed by atoms with E-state index in [0.717, 1.165) is 28.0 Å². The number of halogens is 1. The molecule has 8 rings (SSSR count). The molecule has 56 heavy (non-hydrogen) atoms. The third-order valence-corrected chi connectivity index (χ3v) is 14.5.